The van der Waals surface area contributed by atoms with Crippen molar-refractivity contribution in [2.24, 2.45) is 5.73 Å². The molecule has 0 atom stereocenters. The van der Waals surface area contributed by atoms with E-state index in [1.54, 1.807) is 6.26 Å². The summed E-state index contributed by atoms with van der Waals surface area (Å²) in [6.45, 7) is 1.42. The van der Waals surface area contributed by atoms with Crippen LogP contribution in [0.25, 0.3) is 0 Å². The van der Waals surface area contributed by atoms with Gasteiger partial charge >= 0.3 is 0 Å². The maximum atomic E-state index is 6.46. The largest absolute Gasteiger partial charge is 0.467 e. The molecule has 2 N–H and O–H groups in total. The summed E-state index contributed by atoms with van der Waals surface area (Å²) in [6.07, 6.45) is 5.02. The summed E-state index contributed by atoms with van der Waals surface area (Å²) < 4.78 is 5.46. The van der Waals surface area contributed by atoms with Gasteiger partial charge in [0.25, 0.3) is 0 Å². The van der Waals surface area contributed by atoms with Crippen LogP contribution in [0.3, 0.4) is 0 Å². The molecule has 0 spiro atoms. The average molecular weight is 291 g/mol. The van der Waals surface area contributed by atoms with E-state index in [0.717, 1.165) is 29.4 Å². The van der Waals surface area contributed by atoms with E-state index in [9.17, 15) is 0 Å². The van der Waals surface area contributed by atoms with Gasteiger partial charge in [-0.15, -0.1) is 0 Å². The van der Waals surface area contributed by atoms with Gasteiger partial charge in [0.2, 0.25) is 0 Å². The van der Waals surface area contributed by atoms with Crippen molar-refractivity contribution in [2.45, 2.75) is 31.8 Å². The highest BCUT2D eigenvalue weighted by Crippen LogP contribution is 2.37. The average Bonchev–Trinajstić information content (AvgIpc) is 3.15. The van der Waals surface area contributed by atoms with Crippen LogP contribution in [-0.4, -0.2) is 12.6 Å². The third-order valence-corrected chi connectivity index (χ3v) is 3.95. The second-order valence-corrected chi connectivity index (χ2v) is 5.67. The first-order valence-corrected chi connectivity index (χ1v) is 7.43. The Balaban J connectivity index is 1.83. The number of nitrogens with zero attached hydrogens (tertiary/aromatic N) is 1. The van der Waals surface area contributed by atoms with E-state index in [2.05, 4.69) is 17.0 Å². The summed E-state index contributed by atoms with van der Waals surface area (Å²) in [5.74, 6) is 0.971. The lowest BCUT2D eigenvalue weighted by atomic mass is 10.1. The van der Waals surface area contributed by atoms with Crippen LogP contribution in [-0.2, 0) is 13.0 Å². The van der Waals surface area contributed by atoms with Crippen LogP contribution in [0.15, 0.2) is 41.0 Å². The lowest BCUT2D eigenvalue weighted by molar-refractivity contribution is 0.501. The minimum absolute atomic E-state index is 0.581. The van der Waals surface area contributed by atoms with Crippen LogP contribution in [0.5, 0.6) is 0 Å². The zero-order chi connectivity index (χ0) is 13.9. The smallest absolute Gasteiger partial charge is 0.123 e. The third kappa shape index (κ3) is 3.00. The van der Waals surface area contributed by atoms with Gasteiger partial charge in [0.05, 0.1) is 23.5 Å². The molecule has 0 bridgehead atoms. The molecule has 0 unspecified atom stereocenters. The van der Waals surface area contributed by atoms with Crippen LogP contribution in [0.2, 0.25) is 5.02 Å². The van der Waals surface area contributed by atoms with Crippen molar-refractivity contribution >= 4 is 17.3 Å². The molecule has 2 aromatic rings. The predicted molar refractivity (Wildman–Crippen MR) is 82.1 cm³/mol. The SMILES string of the molecule is NCCc1ccc(N(Cc2ccco2)C2CC2)c(Cl)c1. The molecular formula is C16H19ClN2O. The molecule has 0 amide bonds. The highest BCUT2D eigenvalue weighted by atomic mass is 35.5. The molecule has 3 rings (SSSR count). The van der Waals surface area contributed by atoms with E-state index >= 15 is 0 Å². The number of hydrogen-bond donors (Lipinski definition) is 1. The Morgan fingerprint density at radius 2 is 2.15 bits per heavy atom. The summed E-state index contributed by atoms with van der Waals surface area (Å²) >= 11 is 6.46. The Kier molecular flexibility index (Phi) is 3.99. The van der Waals surface area contributed by atoms with Crippen LogP contribution in [0, 0.1) is 0 Å². The fourth-order valence-corrected chi connectivity index (χ4v) is 2.78. The van der Waals surface area contributed by atoms with Gasteiger partial charge < -0.3 is 15.1 Å². The molecule has 0 radical (unpaired) electrons. The number of furan rings is 1. The van der Waals surface area contributed by atoms with Gasteiger partial charge in [-0.1, -0.05) is 17.7 Å². The molecule has 1 heterocycles. The Morgan fingerprint density at radius 1 is 1.30 bits per heavy atom. The number of benzene rings is 1. The van der Waals surface area contributed by atoms with Gasteiger partial charge in [0, 0.05) is 6.04 Å². The fourth-order valence-electron chi connectivity index (χ4n) is 2.47. The standard InChI is InChI=1S/C16H19ClN2O/c17-15-10-12(7-8-18)3-6-16(15)19(13-4-5-13)11-14-2-1-9-20-14/h1-3,6,9-10,13H,4-5,7-8,11,18H2. The summed E-state index contributed by atoms with van der Waals surface area (Å²) in [5.41, 5.74) is 7.87. The van der Waals surface area contributed by atoms with E-state index in [0.29, 0.717) is 12.6 Å². The first kappa shape index (κ1) is 13.5. The summed E-state index contributed by atoms with van der Waals surface area (Å²) in [4.78, 5) is 2.34. The van der Waals surface area contributed by atoms with Gasteiger partial charge in [0.15, 0.2) is 0 Å². The molecule has 106 valence electrons. The van der Waals surface area contributed by atoms with Crippen molar-refractivity contribution in [3.8, 4) is 0 Å². The van der Waals surface area contributed by atoms with Gasteiger partial charge in [-0.3, -0.25) is 0 Å². The molecule has 1 aliphatic rings. The van der Waals surface area contributed by atoms with E-state index < -0.39 is 0 Å². The Bertz CT molecular complexity index is 564. The zero-order valence-electron chi connectivity index (χ0n) is 11.4. The van der Waals surface area contributed by atoms with Crippen molar-refractivity contribution in [1.82, 2.24) is 0 Å². The van der Waals surface area contributed by atoms with Crippen molar-refractivity contribution in [3.05, 3.63) is 52.9 Å². The number of halogens is 1. The normalized spacial score (nSPS) is 14.5. The number of rotatable bonds is 6. The zero-order valence-corrected chi connectivity index (χ0v) is 12.1. The highest BCUT2D eigenvalue weighted by molar-refractivity contribution is 6.33. The van der Waals surface area contributed by atoms with Gasteiger partial charge in [-0.25, -0.2) is 0 Å². The molecule has 4 heteroatoms. The lowest BCUT2D eigenvalue weighted by Crippen LogP contribution is -2.25. The van der Waals surface area contributed by atoms with Crippen LogP contribution in [0.4, 0.5) is 5.69 Å². The van der Waals surface area contributed by atoms with E-state index in [1.165, 1.54) is 18.4 Å². The summed E-state index contributed by atoms with van der Waals surface area (Å²) in [5, 5.41) is 0.800. The first-order valence-electron chi connectivity index (χ1n) is 7.05. The lowest BCUT2D eigenvalue weighted by Gasteiger charge is -2.25. The summed E-state index contributed by atoms with van der Waals surface area (Å²) in [6, 6.07) is 10.8. The Labute approximate surface area is 124 Å². The number of anilines is 1. The second kappa shape index (κ2) is 5.90. The third-order valence-electron chi connectivity index (χ3n) is 3.65. The molecule has 20 heavy (non-hydrogen) atoms. The molecule has 1 aromatic heterocycles. The molecule has 1 fully saturated rings. The van der Waals surface area contributed by atoms with Crippen LogP contribution < -0.4 is 10.6 Å². The predicted octanol–water partition coefficient (Wildman–Crippen LogP) is 3.60. The van der Waals surface area contributed by atoms with Crippen molar-refractivity contribution in [2.75, 3.05) is 11.4 Å². The topological polar surface area (TPSA) is 42.4 Å². The minimum Gasteiger partial charge on any atom is -0.467 e. The van der Waals surface area contributed by atoms with Crippen LogP contribution >= 0.6 is 11.6 Å². The molecule has 1 saturated carbocycles. The Hall–Kier alpha value is -1.45. The quantitative estimate of drug-likeness (QED) is 0.884. The van der Waals surface area contributed by atoms with Gasteiger partial charge in [-0.2, -0.15) is 0 Å². The fraction of sp³-hybridized carbons (Fsp3) is 0.375. The molecule has 3 nitrogen and oxygen atoms in total. The number of hydrogen-bond acceptors (Lipinski definition) is 3. The van der Waals surface area contributed by atoms with E-state index in [4.69, 9.17) is 21.8 Å². The van der Waals surface area contributed by atoms with E-state index in [1.807, 2.05) is 18.2 Å². The summed E-state index contributed by atoms with van der Waals surface area (Å²) in [7, 11) is 0. The number of nitrogens with two attached hydrogens (primary N) is 1. The maximum Gasteiger partial charge on any atom is 0.123 e. The maximum absolute atomic E-state index is 6.46. The van der Waals surface area contributed by atoms with Crippen molar-refractivity contribution < 1.29 is 4.42 Å². The Morgan fingerprint density at radius 3 is 2.75 bits per heavy atom. The van der Waals surface area contributed by atoms with Gasteiger partial charge in [0.1, 0.15) is 5.76 Å². The first-order chi connectivity index (χ1) is 9.78. The monoisotopic (exact) mass is 290 g/mol. The molecule has 1 aliphatic carbocycles. The second-order valence-electron chi connectivity index (χ2n) is 5.26. The van der Waals surface area contributed by atoms with Crippen molar-refractivity contribution in [3.63, 3.8) is 0 Å². The molecule has 0 saturated heterocycles. The van der Waals surface area contributed by atoms with Crippen molar-refractivity contribution in [1.29, 1.82) is 0 Å². The molecular weight excluding hydrogens is 272 g/mol. The molecule has 0 aliphatic heterocycles. The van der Waals surface area contributed by atoms with Gasteiger partial charge in [-0.05, 0) is 55.6 Å². The van der Waals surface area contributed by atoms with E-state index in [-0.39, 0.29) is 0 Å². The van der Waals surface area contributed by atoms with Crippen LogP contribution in [0.1, 0.15) is 24.2 Å². The minimum atomic E-state index is 0.581. The molecule has 1 aromatic carbocycles. The highest BCUT2D eigenvalue weighted by Gasteiger charge is 2.30.